The number of anilines is 2. The summed E-state index contributed by atoms with van der Waals surface area (Å²) in [5.74, 6) is -0.433. The molecule has 0 saturated heterocycles. The van der Waals surface area contributed by atoms with Crippen molar-refractivity contribution in [3.63, 3.8) is 0 Å². The summed E-state index contributed by atoms with van der Waals surface area (Å²) in [5, 5.41) is 6.04. The van der Waals surface area contributed by atoms with Gasteiger partial charge in [-0.3, -0.25) is 9.59 Å². The Balaban J connectivity index is 1.41. The number of carbonyl (C=O) groups excluding carboxylic acids is 2. The van der Waals surface area contributed by atoms with Crippen LogP contribution >= 0.6 is 11.8 Å². The van der Waals surface area contributed by atoms with Crippen LogP contribution in [-0.2, 0) is 4.79 Å². The third kappa shape index (κ3) is 4.64. The second-order valence-corrected chi connectivity index (χ2v) is 7.08. The predicted octanol–water partition coefficient (Wildman–Crippen LogP) is 4.81. The number of rotatable bonds is 6. The number of amides is 2. The molecule has 6 nitrogen and oxygen atoms in total. The van der Waals surface area contributed by atoms with E-state index < -0.39 is 0 Å². The number of para-hydroxylation sites is 4. The number of carbonyl (C=O) groups is 2. The van der Waals surface area contributed by atoms with Crippen molar-refractivity contribution >= 4 is 46.1 Å². The molecule has 2 N–H and O–H groups in total. The Bertz CT molecular complexity index is 1130. The molecule has 0 aliphatic rings. The van der Waals surface area contributed by atoms with Crippen molar-refractivity contribution in [1.29, 1.82) is 0 Å². The molecule has 2 amide bonds. The molecule has 0 saturated carbocycles. The highest BCUT2D eigenvalue weighted by Gasteiger charge is 2.14. The zero-order valence-electron chi connectivity index (χ0n) is 15.3. The molecule has 0 bridgehead atoms. The van der Waals surface area contributed by atoms with Gasteiger partial charge in [0.25, 0.3) is 11.1 Å². The van der Waals surface area contributed by atoms with Crippen molar-refractivity contribution in [2.24, 2.45) is 0 Å². The molecule has 0 spiro atoms. The molecule has 0 aliphatic carbocycles. The van der Waals surface area contributed by atoms with Crippen LogP contribution in [0.1, 0.15) is 10.4 Å². The first-order chi connectivity index (χ1) is 14.2. The summed E-state index contributed by atoms with van der Waals surface area (Å²) < 4.78 is 5.60. The second-order valence-electron chi connectivity index (χ2n) is 6.15. The zero-order chi connectivity index (χ0) is 20.1. The minimum Gasteiger partial charge on any atom is -0.431 e. The maximum absolute atomic E-state index is 12.6. The molecule has 0 aliphatic heterocycles. The molecule has 144 valence electrons. The molecular formula is C22H17N3O3S. The molecule has 0 atom stereocenters. The normalized spacial score (nSPS) is 10.6. The first kappa shape index (κ1) is 18.8. The lowest BCUT2D eigenvalue weighted by Crippen LogP contribution is -2.19. The third-order valence-corrected chi connectivity index (χ3v) is 4.91. The molecule has 4 rings (SSSR count). The van der Waals surface area contributed by atoms with Crippen LogP contribution in [0.5, 0.6) is 0 Å². The minimum atomic E-state index is -0.293. The summed E-state index contributed by atoms with van der Waals surface area (Å²) >= 11 is 1.20. The number of benzene rings is 3. The molecule has 3 aromatic carbocycles. The van der Waals surface area contributed by atoms with Gasteiger partial charge in [-0.1, -0.05) is 54.2 Å². The van der Waals surface area contributed by atoms with Crippen molar-refractivity contribution in [3.8, 4) is 0 Å². The summed E-state index contributed by atoms with van der Waals surface area (Å²) in [6, 6.07) is 23.5. The SMILES string of the molecule is O=C(CSc1nc2ccccc2o1)Nc1ccccc1C(=O)Nc1ccccc1. The highest BCUT2D eigenvalue weighted by molar-refractivity contribution is 7.99. The van der Waals surface area contributed by atoms with Crippen LogP contribution in [0.4, 0.5) is 11.4 Å². The van der Waals surface area contributed by atoms with Crippen LogP contribution < -0.4 is 10.6 Å². The van der Waals surface area contributed by atoms with E-state index >= 15 is 0 Å². The molecule has 29 heavy (non-hydrogen) atoms. The van der Waals surface area contributed by atoms with Crippen LogP contribution in [0.3, 0.4) is 0 Å². The van der Waals surface area contributed by atoms with Gasteiger partial charge in [0.2, 0.25) is 5.91 Å². The first-order valence-corrected chi connectivity index (χ1v) is 9.91. The molecule has 0 radical (unpaired) electrons. The summed E-state index contributed by atoms with van der Waals surface area (Å²) in [7, 11) is 0. The van der Waals surface area contributed by atoms with Crippen molar-refractivity contribution in [3.05, 3.63) is 84.4 Å². The molecule has 1 aromatic heterocycles. The second kappa shape index (κ2) is 8.62. The minimum absolute atomic E-state index is 0.113. The Kier molecular flexibility index (Phi) is 5.58. The van der Waals surface area contributed by atoms with E-state index in [1.807, 2.05) is 42.5 Å². The number of hydrogen-bond acceptors (Lipinski definition) is 5. The fourth-order valence-electron chi connectivity index (χ4n) is 2.74. The number of fused-ring (bicyclic) bond motifs is 1. The summed E-state index contributed by atoms with van der Waals surface area (Å²) in [6.45, 7) is 0. The Morgan fingerprint density at radius 1 is 0.862 bits per heavy atom. The van der Waals surface area contributed by atoms with Crippen molar-refractivity contribution in [2.45, 2.75) is 5.22 Å². The molecule has 0 fully saturated rings. The van der Waals surface area contributed by atoms with Gasteiger partial charge in [0.05, 0.1) is 17.0 Å². The van der Waals surface area contributed by atoms with Gasteiger partial charge in [-0.15, -0.1) is 0 Å². The van der Waals surface area contributed by atoms with Gasteiger partial charge in [-0.2, -0.15) is 0 Å². The lowest BCUT2D eigenvalue weighted by Gasteiger charge is -2.11. The number of nitrogens with zero attached hydrogens (tertiary/aromatic N) is 1. The number of aromatic nitrogens is 1. The highest BCUT2D eigenvalue weighted by Crippen LogP contribution is 2.24. The molecule has 1 heterocycles. The predicted molar refractivity (Wildman–Crippen MR) is 114 cm³/mol. The number of oxazole rings is 1. The average Bonchev–Trinajstić information content (AvgIpc) is 3.16. The van der Waals surface area contributed by atoms with E-state index in [1.54, 1.807) is 36.4 Å². The maximum Gasteiger partial charge on any atom is 0.257 e. The Morgan fingerprint density at radius 2 is 1.59 bits per heavy atom. The van der Waals surface area contributed by atoms with Crippen LogP contribution in [0.25, 0.3) is 11.1 Å². The molecule has 7 heteroatoms. The molecular weight excluding hydrogens is 386 g/mol. The first-order valence-electron chi connectivity index (χ1n) is 8.93. The summed E-state index contributed by atoms with van der Waals surface area (Å²) in [4.78, 5) is 29.3. The summed E-state index contributed by atoms with van der Waals surface area (Å²) in [5.41, 5.74) is 2.95. The van der Waals surface area contributed by atoms with Gasteiger partial charge >= 0.3 is 0 Å². The van der Waals surface area contributed by atoms with E-state index in [-0.39, 0.29) is 17.6 Å². The van der Waals surface area contributed by atoms with Gasteiger partial charge in [-0.05, 0) is 36.4 Å². The largest absolute Gasteiger partial charge is 0.431 e. The third-order valence-electron chi connectivity index (χ3n) is 4.08. The van der Waals surface area contributed by atoms with Crippen LogP contribution in [0.15, 0.2) is 88.5 Å². The van der Waals surface area contributed by atoms with Gasteiger partial charge < -0.3 is 15.1 Å². The standard InChI is InChI=1S/C22H17N3O3S/c26-20(14-29-22-25-18-12-6-7-13-19(18)28-22)24-17-11-5-4-10-16(17)21(27)23-15-8-2-1-3-9-15/h1-13H,14H2,(H,23,27)(H,24,26). The maximum atomic E-state index is 12.6. The molecule has 4 aromatic rings. The summed E-state index contributed by atoms with van der Waals surface area (Å²) in [6.07, 6.45) is 0. The van der Waals surface area contributed by atoms with Gasteiger partial charge in [0, 0.05) is 5.69 Å². The van der Waals surface area contributed by atoms with Crippen LogP contribution in [0.2, 0.25) is 0 Å². The Hall–Kier alpha value is -3.58. The van der Waals surface area contributed by atoms with Crippen molar-refractivity contribution in [2.75, 3.05) is 16.4 Å². The fraction of sp³-hybridized carbons (Fsp3) is 0.0455. The topological polar surface area (TPSA) is 84.2 Å². The zero-order valence-corrected chi connectivity index (χ0v) is 16.1. The van der Waals surface area contributed by atoms with E-state index in [1.165, 1.54) is 11.8 Å². The van der Waals surface area contributed by atoms with Crippen molar-refractivity contribution < 1.29 is 14.0 Å². The fourth-order valence-corrected chi connectivity index (χ4v) is 3.37. The van der Waals surface area contributed by atoms with Crippen molar-refractivity contribution in [1.82, 2.24) is 4.98 Å². The lowest BCUT2D eigenvalue weighted by molar-refractivity contribution is -0.113. The van der Waals surface area contributed by atoms with E-state index in [4.69, 9.17) is 4.42 Å². The quantitative estimate of drug-likeness (QED) is 0.451. The van der Waals surface area contributed by atoms with Gasteiger partial charge in [-0.25, -0.2) is 4.98 Å². The Morgan fingerprint density at radius 3 is 2.41 bits per heavy atom. The Labute approximate surface area is 171 Å². The van der Waals surface area contributed by atoms with Crippen LogP contribution in [0, 0.1) is 0 Å². The average molecular weight is 403 g/mol. The van der Waals surface area contributed by atoms with Gasteiger partial charge in [0.15, 0.2) is 5.58 Å². The lowest BCUT2D eigenvalue weighted by atomic mass is 10.1. The highest BCUT2D eigenvalue weighted by atomic mass is 32.2. The van der Waals surface area contributed by atoms with E-state index in [0.29, 0.717) is 27.7 Å². The van der Waals surface area contributed by atoms with E-state index in [9.17, 15) is 9.59 Å². The smallest absolute Gasteiger partial charge is 0.257 e. The van der Waals surface area contributed by atoms with Crippen LogP contribution in [-0.4, -0.2) is 22.6 Å². The monoisotopic (exact) mass is 403 g/mol. The van der Waals surface area contributed by atoms with E-state index in [0.717, 1.165) is 5.52 Å². The van der Waals surface area contributed by atoms with Gasteiger partial charge in [0.1, 0.15) is 5.52 Å². The number of hydrogen-bond donors (Lipinski definition) is 2. The number of nitrogens with one attached hydrogen (secondary N) is 2. The number of thioether (sulfide) groups is 1. The van der Waals surface area contributed by atoms with E-state index in [2.05, 4.69) is 15.6 Å². The molecule has 0 unspecified atom stereocenters.